The van der Waals surface area contributed by atoms with Crippen molar-refractivity contribution in [1.29, 1.82) is 0 Å². The second kappa shape index (κ2) is 6.31. The lowest BCUT2D eigenvalue weighted by molar-refractivity contribution is -0.384. The van der Waals surface area contributed by atoms with E-state index in [1.807, 2.05) is 36.4 Å². The van der Waals surface area contributed by atoms with E-state index in [1.165, 1.54) is 18.2 Å². The smallest absolute Gasteiger partial charge is 0.270 e. The number of non-ortho nitro benzene ring substituents is 1. The van der Waals surface area contributed by atoms with Gasteiger partial charge < -0.3 is 15.8 Å². The molecule has 4 N–H and O–H groups in total. The Morgan fingerprint density at radius 1 is 1.00 bits per heavy atom. The van der Waals surface area contributed by atoms with Crippen molar-refractivity contribution < 1.29 is 14.8 Å². The van der Waals surface area contributed by atoms with E-state index in [-0.39, 0.29) is 17.0 Å². The molecule has 0 saturated carbocycles. The van der Waals surface area contributed by atoms with Gasteiger partial charge in [0, 0.05) is 39.4 Å². The SMILES string of the molecule is NC(=O)c1c(O)c(-c2cccc([N+](=O)[O-])c2)cc2ccc3c4ccccc4[nH]c3c12. The Morgan fingerprint density at radius 2 is 1.80 bits per heavy atom. The second-order valence-electron chi connectivity index (χ2n) is 7.08. The van der Waals surface area contributed by atoms with Crippen LogP contribution in [0.2, 0.25) is 0 Å². The number of nitrogens with zero attached hydrogens (tertiary/aromatic N) is 1. The number of nitro groups is 1. The predicted octanol–water partition coefficient (Wildman–Crippen LogP) is 4.85. The summed E-state index contributed by atoms with van der Waals surface area (Å²) in [6.07, 6.45) is 0. The van der Waals surface area contributed by atoms with Gasteiger partial charge in [0.15, 0.2) is 0 Å². The van der Waals surface area contributed by atoms with Gasteiger partial charge >= 0.3 is 0 Å². The van der Waals surface area contributed by atoms with E-state index in [0.717, 1.165) is 16.3 Å². The lowest BCUT2D eigenvalue weighted by Gasteiger charge is -2.13. The zero-order valence-electron chi connectivity index (χ0n) is 15.5. The first-order valence-corrected chi connectivity index (χ1v) is 9.19. The number of aromatic amines is 1. The van der Waals surface area contributed by atoms with Crippen LogP contribution in [0, 0.1) is 10.1 Å². The maximum absolute atomic E-state index is 12.4. The molecule has 0 aliphatic carbocycles. The summed E-state index contributed by atoms with van der Waals surface area (Å²) < 4.78 is 0. The third kappa shape index (κ3) is 2.49. The number of para-hydroxylation sites is 1. The van der Waals surface area contributed by atoms with Gasteiger partial charge in [-0.25, -0.2) is 0 Å². The number of carbonyl (C=O) groups is 1. The molecule has 0 aliphatic rings. The van der Waals surface area contributed by atoms with Crippen LogP contribution >= 0.6 is 0 Å². The molecule has 0 spiro atoms. The molecule has 7 heteroatoms. The van der Waals surface area contributed by atoms with Gasteiger partial charge in [0.1, 0.15) is 5.75 Å². The van der Waals surface area contributed by atoms with Crippen molar-refractivity contribution in [1.82, 2.24) is 4.98 Å². The van der Waals surface area contributed by atoms with Gasteiger partial charge in [-0.15, -0.1) is 0 Å². The fraction of sp³-hybridized carbons (Fsp3) is 0. The quantitative estimate of drug-likeness (QED) is 0.297. The van der Waals surface area contributed by atoms with Crippen LogP contribution in [0.4, 0.5) is 5.69 Å². The number of nitrogens with two attached hydrogens (primary N) is 1. The number of aromatic hydroxyl groups is 1. The highest BCUT2D eigenvalue weighted by molar-refractivity contribution is 6.24. The summed E-state index contributed by atoms with van der Waals surface area (Å²) in [7, 11) is 0. The van der Waals surface area contributed by atoms with Crippen LogP contribution in [-0.4, -0.2) is 20.9 Å². The number of nitrogens with one attached hydrogen (secondary N) is 1. The Morgan fingerprint density at radius 3 is 2.57 bits per heavy atom. The van der Waals surface area contributed by atoms with Crippen LogP contribution in [0.3, 0.4) is 0 Å². The van der Waals surface area contributed by atoms with E-state index in [2.05, 4.69) is 4.98 Å². The number of nitro benzene ring substituents is 1. The number of rotatable bonds is 3. The van der Waals surface area contributed by atoms with E-state index in [0.29, 0.717) is 27.4 Å². The van der Waals surface area contributed by atoms with Crippen LogP contribution < -0.4 is 5.73 Å². The molecule has 1 amide bonds. The number of hydrogen-bond acceptors (Lipinski definition) is 4. The molecule has 5 rings (SSSR count). The Balaban J connectivity index is 1.90. The molecule has 1 heterocycles. The van der Waals surface area contributed by atoms with E-state index in [1.54, 1.807) is 12.1 Å². The average molecular weight is 397 g/mol. The minimum atomic E-state index is -0.782. The molecule has 7 nitrogen and oxygen atoms in total. The topological polar surface area (TPSA) is 122 Å². The van der Waals surface area contributed by atoms with Crippen LogP contribution in [-0.2, 0) is 0 Å². The minimum absolute atomic E-state index is 0.0221. The Bertz CT molecular complexity index is 1520. The molecule has 0 saturated heterocycles. The van der Waals surface area contributed by atoms with E-state index in [4.69, 9.17) is 5.73 Å². The van der Waals surface area contributed by atoms with Crippen molar-refractivity contribution in [3.63, 3.8) is 0 Å². The van der Waals surface area contributed by atoms with Crippen molar-refractivity contribution in [2.45, 2.75) is 0 Å². The van der Waals surface area contributed by atoms with Gasteiger partial charge in [-0.1, -0.05) is 42.5 Å². The molecule has 0 bridgehead atoms. The molecule has 30 heavy (non-hydrogen) atoms. The summed E-state index contributed by atoms with van der Waals surface area (Å²) in [5.41, 5.74) is 7.85. The van der Waals surface area contributed by atoms with Crippen LogP contribution in [0.5, 0.6) is 5.75 Å². The average Bonchev–Trinajstić information content (AvgIpc) is 3.12. The zero-order valence-corrected chi connectivity index (χ0v) is 15.5. The second-order valence-corrected chi connectivity index (χ2v) is 7.08. The molecular formula is C23H15N3O4. The highest BCUT2D eigenvalue weighted by atomic mass is 16.6. The van der Waals surface area contributed by atoms with Gasteiger partial charge in [-0.3, -0.25) is 14.9 Å². The van der Waals surface area contributed by atoms with Crippen molar-refractivity contribution in [3.8, 4) is 16.9 Å². The summed E-state index contributed by atoms with van der Waals surface area (Å²) >= 11 is 0. The monoisotopic (exact) mass is 397 g/mol. The normalized spacial score (nSPS) is 11.3. The van der Waals surface area contributed by atoms with Crippen molar-refractivity contribution in [2.24, 2.45) is 5.73 Å². The van der Waals surface area contributed by atoms with E-state index in [9.17, 15) is 20.0 Å². The first-order valence-electron chi connectivity index (χ1n) is 9.19. The van der Waals surface area contributed by atoms with Crippen LogP contribution in [0.25, 0.3) is 43.7 Å². The molecule has 0 radical (unpaired) electrons. The summed E-state index contributed by atoms with van der Waals surface area (Å²) in [6, 6.07) is 19.1. The van der Waals surface area contributed by atoms with Gasteiger partial charge in [-0.05, 0) is 23.1 Å². The summed E-state index contributed by atoms with van der Waals surface area (Å²) in [5.74, 6) is -1.09. The molecule has 5 aromatic rings. The maximum Gasteiger partial charge on any atom is 0.270 e. The van der Waals surface area contributed by atoms with Gasteiger partial charge in [0.25, 0.3) is 11.6 Å². The van der Waals surface area contributed by atoms with Gasteiger partial charge in [0.05, 0.1) is 16.0 Å². The summed E-state index contributed by atoms with van der Waals surface area (Å²) in [6.45, 7) is 0. The van der Waals surface area contributed by atoms with Crippen LogP contribution in [0.15, 0.2) is 66.7 Å². The number of H-pyrrole nitrogens is 1. The fourth-order valence-corrected chi connectivity index (χ4v) is 4.05. The largest absolute Gasteiger partial charge is 0.506 e. The summed E-state index contributed by atoms with van der Waals surface area (Å²) in [5, 5.41) is 25.2. The number of primary amides is 1. The fourth-order valence-electron chi connectivity index (χ4n) is 4.05. The first kappa shape index (κ1) is 17.7. The van der Waals surface area contributed by atoms with Crippen LogP contribution in [0.1, 0.15) is 10.4 Å². The molecule has 146 valence electrons. The maximum atomic E-state index is 12.4. The van der Waals surface area contributed by atoms with Gasteiger partial charge in [-0.2, -0.15) is 0 Å². The minimum Gasteiger partial charge on any atom is -0.506 e. The first-order chi connectivity index (χ1) is 14.5. The summed E-state index contributed by atoms with van der Waals surface area (Å²) in [4.78, 5) is 26.4. The number of carbonyl (C=O) groups excluding carboxylic acids is 1. The third-order valence-electron chi connectivity index (χ3n) is 5.37. The molecule has 0 unspecified atom stereocenters. The number of benzene rings is 4. The lowest BCUT2D eigenvalue weighted by atomic mass is 9.93. The molecular weight excluding hydrogens is 382 g/mol. The molecule has 0 atom stereocenters. The number of phenols is 1. The molecule has 0 aliphatic heterocycles. The highest BCUT2D eigenvalue weighted by Gasteiger charge is 2.22. The van der Waals surface area contributed by atoms with Gasteiger partial charge in [0.2, 0.25) is 0 Å². The number of fused-ring (bicyclic) bond motifs is 5. The Hall–Kier alpha value is -4.39. The Kier molecular flexibility index (Phi) is 3.72. The van der Waals surface area contributed by atoms with Crippen molar-refractivity contribution >= 4 is 44.2 Å². The van der Waals surface area contributed by atoms with Crippen molar-refractivity contribution in [2.75, 3.05) is 0 Å². The third-order valence-corrected chi connectivity index (χ3v) is 5.37. The lowest BCUT2D eigenvalue weighted by Crippen LogP contribution is -2.12. The van der Waals surface area contributed by atoms with Crippen molar-refractivity contribution in [3.05, 3.63) is 82.4 Å². The van der Waals surface area contributed by atoms with E-state index < -0.39 is 10.8 Å². The van der Waals surface area contributed by atoms with E-state index >= 15 is 0 Å². The highest BCUT2D eigenvalue weighted by Crippen LogP contribution is 2.42. The predicted molar refractivity (Wildman–Crippen MR) is 116 cm³/mol. The molecule has 1 aromatic heterocycles. The Labute approximate surface area is 169 Å². The number of amides is 1. The zero-order chi connectivity index (χ0) is 21.0. The number of hydrogen-bond donors (Lipinski definition) is 3. The number of aromatic nitrogens is 1. The molecule has 0 fully saturated rings. The standard InChI is InChI=1S/C23H15N3O4/c24-23(28)20-19-13(8-9-16-15-6-1-2-7-18(15)25-21(16)19)11-17(22(20)27)12-4-3-5-14(10-12)26(29)30/h1-11,25,27H,(H2,24,28). The molecule has 4 aromatic carbocycles.